The summed E-state index contributed by atoms with van der Waals surface area (Å²) in [5.74, 6) is -3.02. The summed E-state index contributed by atoms with van der Waals surface area (Å²) in [5, 5.41) is 17.7. The van der Waals surface area contributed by atoms with Crippen molar-refractivity contribution in [2.24, 2.45) is 0 Å². The molecule has 0 aliphatic rings. The first kappa shape index (κ1) is 21.8. The first-order valence-corrected chi connectivity index (χ1v) is 7.24. The maximum Gasteiger partial charge on any atom is 0.334 e. The van der Waals surface area contributed by atoms with E-state index < -0.39 is 36.1 Å². The van der Waals surface area contributed by atoms with Crippen LogP contribution in [0.1, 0.15) is 26.7 Å². The van der Waals surface area contributed by atoms with Gasteiger partial charge in [-0.1, -0.05) is 0 Å². The molecule has 2 unspecified atom stereocenters. The smallest absolute Gasteiger partial charge is 0.334 e. The third kappa shape index (κ3) is 11.4. The van der Waals surface area contributed by atoms with Crippen molar-refractivity contribution in [2.45, 2.75) is 38.9 Å². The van der Waals surface area contributed by atoms with E-state index in [4.69, 9.17) is 19.7 Å². The average molecular weight is 350 g/mol. The molecule has 0 aromatic rings. The Morgan fingerprint density at radius 2 is 0.958 bits per heavy atom. The third-order valence-electron chi connectivity index (χ3n) is 2.40. The van der Waals surface area contributed by atoms with Crippen LogP contribution in [0.3, 0.4) is 0 Å². The van der Waals surface area contributed by atoms with Gasteiger partial charge in [0.15, 0.2) is 0 Å². The van der Waals surface area contributed by atoms with Crippen LogP contribution in [0, 0.1) is 0 Å². The summed E-state index contributed by atoms with van der Waals surface area (Å²) >= 11 is 0. The third-order valence-corrected chi connectivity index (χ3v) is 2.40. The number of hydrogen-bond acceptors (Lipinski definition) is 10. The molecule has 0 spiro atoms. The molecule has 0 saturated heterocycles. The molecule has 24 heavy (non-hydrogen) atoms. The Balaban J connectivity index is 3.63. The summed E-state index contributed by atoms with van der Waals surface area (Å²) in [7, 11) is 0. The minimum absolute atomic E-state index is 0.193. The number of carbonyl (C=O) groups is 4. The normalized spacial score (nSPS) is 12.7. The van der Waals surface area contributed by atoms with Gasteiger partial charge in [0.2, 0.25) is 0 Å². The summed E-state index contributed by atoms with van der Waals surface area (Å²) in [6.45, 7) is 1.70. The van der Waals surface area contributed by atoms with Crippen LogP contribution in [0.15, 0.2) is 0 Å². The molecule has 0 bridgehead atoms. The minimum atomic E-state index is -1.25. The molecule has 0 aliphatic carbocycles. The van der Waals surface area contributed by atoms with Gasteiger partial charge in [-0.05, 0) is 13.8 Å². The van der Waals surface area contributed by atoms with Crippen molar-refractivity contribution in [1.29, 1.82) is 0 Å². The summed E-state index contributed by atoms with van der Waals surface area (Å²) in [6, 6.07) is 0. The number of rotatable bonds is 11. The van der Waals surface area contributed by atoms with E-state index >= 15 is 0 Å². The number of aliphatic hydroxyl groups is 2. The quantitative estimate of drug-likeness (QED) is 0.262. The van der Waals surface area contributed by atoms with E-state index in [1.165, 1.54) is 13.8 Å². The second-order valence-corrected chi connectivity index (χ2v) is 4.63. The Labute approximate surface area is 138 Å². The molecule has 0 aliphatic heterocycles. The fourth-order valence-corrected chi connectivity index (χ4v) is 1.19. The van der Waals surface area contributed by atoms with Gasteiger partial charge < -0.3 is 29.2 Å². The highest BCUT2D eigenvalue weighted by molar-refractivity contribution is 5.77. The van der Waals surface area contributed by atoms with Gasteiger partial charge >= 0.3 is 23.9 Å². The van der Waals surface area contributed by atoms with Crippen LogP contribution in [0.2, 0.25) is 0 Å². The largest absolute Gasteiger partial charge is 0.462 e. The molecule has 0 amide bonds. The number of esters is 4. The number of hydrogen-bond donors (Lipinski definition) is 2. The van der Waals surface area contributed by atoms with Crippen molar-refractivity contribution < 1.29 is 48.3 Å². The lowest BCUT2D eigenvalue weighted by Crippen LogP contribution is -2.22. The monoisotopic (exact) mass is 350 g/mol. The highest BCUT2D eigenvalue weighted by Crippen LogP contribution is 1.97. The Kier molecular flexibility index (Phi) is 11.1. The Hall–Kier alpha value is -2.20. The van der Waals surface area contributed by atoms with Crippen molar-refractivity contribution in [3.8, 4) is 0 Å². The van der Waals surface area contributed by atoms with Gasteiger partial charge in [0, 0.05) is 0 Å². The highest BCUT2D eigenvalue weighted by Gasteiger charge is 2.13. The second kappa shape index (κ2) is 12.3. The standard InChI is InChI=1S/C14H22O10/c1-9(15)13(19)23-7-5-21-11(17)3-4-12(18)22-6-8-24-14(20)10(2)16/h9-10,15-16H,3-8H2,1-2H3. The molecule has 138 valence electrons. The minimum Gasteiger partial charge on any atom is -0.462 e. The van der Waals surface area contributed by atoms with Crippen LogP contribution < -0.4 is 0 Å². The predicted octanol–water partition coefficient (Wildman–Crippen LogP) is -1.30. The molecule has 0 aromatic carbocycles. The zero-order valence-corrected chi connectivity index (χ0v) is 13.6. The average Bonchev–Trinajstić information content (AvgIpc) is 2.52. The first-order chi connectivity index (χ1) is 11.2. The fourth-order valence-electron chi connectivity index (χ4n) is 1.19. The van der Waals surface area contributed by atoms with Crippen LogP contribution in [-0.2, 0) is 38.1 Å². The van der Waals surface area contributed by atoms with Crippen molar-refractivity contribution in [2.75, 3.05) is 26.4 Å². The maximum atomic E-state index is 11.3. The zero-order chi connectivity index (χ0) is 18.5. The molecule has 0 aromatic heterocycles. The maximum absolute atomic E-state index is 11.3. The Morgan fingerprint density at radius 1 is 0.667 bits per heavy atom. The summed E-state index contributed by atoms with van der Waals surface area (Å²) in [4.78, 5) is 44.4. The molecule has 10 heteroatoms. The van der Waals surface area contributed by atoms with E-state index in [-0.39, 0.29) is 39.3 Å². The van der Waals surface area contributed by atoms with E-state index in [1.54, 1.807) is 0 Å². The Morgan fingerprint density at radius 3 is 1.25 bits per heavy atom. The van der Waals surface area contributed by atoms with Crippen LogP contribution in [0.25, 0.3) is 0 Å². The molecule has 0 heterocycles. The first-order valence-electron chi connectivity index (χ1n) is 7.24. The fraction of sp³-hybridized carbons (Fsp3) is 0.714. The van der Waals surface area contributed by atoms with E-state index in [0.717, 1.165) is 0 Å². The van der Waals surface area contributed by atoms with Crippen LogP contribution >= 0.6 is 0 Å². The highest BCUT2D eigenvalue weighted by atomic mass is 16.6. The van der Waals surface area contributed by atoms with Crippen molar-refractivity contribution >= 4 is 23.9 Å². The molecule has 2 atom stereocenters. The second-order valence-electron chi connectivity index (χ2n) is 4.63. The molecule has 2 N–H and O–H groups in total. The van der Waals surface area contributed by atoms with Crippen molar-refractivity contribution in [1.82, 2.24) is 0 Å². The summed E-state index contributed by atoms with van der Waals surface area (Å²) < 4.78 is 18.5. The summed E-state index contributed by atoms with van der Waals surface area (Å²) in [5.41, 5.74) is 0. The van der Waals surface area contributed by atoms with Gasteiger partial charge in [0.1, 0.15) is 38.6 Å². The molecule has 0 rings (SSSR count). The SMILES string of the molecule is CC(O)C(=O)OCCOC(=O)CCC(=O)OCCOC(=O)C(C)O. The van der Waals surface area contributed by atoms with E-state index in [9.17, 15) is 19.2 Å². The van der Waals surface area contributed by atoms with Gasteiger partial charge in [0.05, 0.1) is 12.8 Å². The predicted molar refractivity (Wildman–Crippen MR) is 76.4 cm³/mol. The van der Waals surface area contributed by atoms with Gasteiger partial charge in [0.25, 0.3) is 0 Å². The lowest BCUT2D eigenvalue weighted by Gasteiger charge is -2.08. The van der Waals surface area contributed by atoms with Gasteiger partial charge in [-0.3, -0.25) is 9.59 Å². The zero-order valence-electron chi connectivity index (χ0n) is 13.6. The molecule has 0 fully saturated rings. The molecular formula is C14H22O10. The lowest BCUT2D eigenvalue weighted by atomic mass is 10.3. The van der Waals surface area contributed by atoms with Crippen molar-refractivity contribution in [3.63, 3.8) is 0 Å². The van der Waals surface area contributed by atoms with E-state index in [2.05, 4.69) is 9.47 Å². The van der Waals surface area contributed by atoms with Crippen LogP contribution in [-0.4, -0.2) is 72.7 Å². The Bertz CT molecular complexity index is 389. The number of ether oxygens (including phenoxy) is 4. The van der Waals surface area contributed by atoms with Crippen LogP contribution in [0.5, 0.6) is 0 Å². The van der Waals surface area contributed by atoms with E-state index in [1.807, 2.05) is 0 Å². The lowest BCUT2D eigenvalue weighted by molar-refractivity contribution is -0.159. The molecule has 0 saturated carbocycles. The molecular weight excluding hydrogens is 328 g/mol. The molecule has 0 radical (unpaired) electrons. The van der Waals surface area contributed by atoms with Crippen molar-refractivity contribution in [3.05, 3.63) is 0 Å². The number of aliphatic hydroxyl groups excluding tert-OH is 2. The van der Waals surface area contributed by atoms with E-state index in [0.29, 0.717) is 0 Å². The van der Waals surface area contributed by atoms with Gasteiger partial charge in [-0.25, -0.2) is 9.59 Å². The van der Waals surface area contributed by atoms with Gasteiger partial charge in [-0.2, -0.15) is 0 Å². The molecule has 10 nitrogen and oxygen atoms in total. The van der Waals surface area contributed by atoms with Gasteiger partial charge in [-0.15, -0.1) is 0 Å². The topological polar surface area (TPSA) is 146 Å². The summed E-state index contributed by atoms with van der Waals surface area (Å²) in [6.07, 6.45) is -2.96. The van der Waals surface area contributed by atoms with Crippen LogP contribution in [0.4, 0.5) is 0 Å². The number of carbonyl (C=O) groups excluding carboxylic acids is 4.